The topological polar surface area (TPSA) is 89.4 Å². The Bertz CT molecular complexity index is 970. The molecule has 1 amide bonds. The second kappa shape index (κ2) is 7.53. The Kier molecular flexibility index (Phi) is 4.95. The number of furan rings is 1. The Morgan fingerprint density at radius 1 is 1.33 bits per heavy atom. The fourth-order valence-corrected chi connectivity index (χ4v) is 3.62. The number of halogens is 1. The number of thioether (sulfide) groups is 1. The molecule has 1 atom stereocenters. The van der Waals surface area contributed by atoms with Crippen molar-refractivity contribution in [1.82, 2.24) is 25.2 Å². The number of hydrogen-bond donors (Lipinski definition) is 0. The van der Waals surface area contributed by atoms with Crippen molar-refractivity contribution in [2.75, 3.05) is 5.75 Å². The molecule has 0 saturated heterocycles. The first-order chi connectivity index (χ1) is 13.1. The van der Waals surface area contributed by atoms with Crippen molar-refractivity contribution < 1.29 is 9.21 Å². The first kappa shape index (κ1) is 17.7. The highest BCUT2D eigenvalue weighted by molar-refractivity contribution is 7.99. The summed E-state index contributed by atoms with van der Waals surface area (Å²) in [6.07, 6.45) is 2.16. The SMILES string of the molecule is Cn1nnnc1SCC(=O)N1N=C(c2ccc(Cl)cc2)C[C@H]1c1ccco1. The van der Waals surface area contributed by atoms with Gasteiger partial charge in [-0.15, -0.1) is 5.10 Å². The molecule has 1 aliphatic heterocycles. The lowest BCUT2D eigenvalue weighted by molar-refractivity contribution is -0.130. The lowest BCUT2D eigenvalue weighted by atomic mass is 10.0. The fourth-order valence-electron chi connectivity index (χ4n) is 2.80. The highest BCUT2D eigenvalue weighted by Gasteiger charge is 2.34. The van der Waals surface area contributed by atoms with Gasteiger partial charge in [-0.1, -0.05) is 35.5 Å². The van der Waals surface area contributed by atoms with Crippen molar-refractivity contribution in [2.24, 2.45) is 12.1 Å². The molecule has 0 fully saturated rings. The van der Waals surface area contributed by atoms with E-state index in [9.17, 15) is 4.79 Å². The third-order valence-corrected chi connectivity index (χ3v) is 5.37. The van der Waals surface area contributed by atoms with Gasteiger partial charge in [-0.05, 0) is 40.3 Å². The van der Waals surface area contributed by atoms with Gasteiger partial charge in [0.15, 0.2) is 0 Å². The van der Waals surface area contributed by atoms with Crippen molar-refractivity contribution in [1.29, 1.82) is 0 Å². The first-order valence-electron chi connectivity index (χ1n) is 8.16. The van der Waals surface area contributed by atoms with E-state index in [2.05, 4.69) is 20.6 Å². The Labute approximate surface area is 164 Å². The standard InChI is InChI=1S/C17H15ClN6O2S/c1-23-17(19-21-22-23)27-10-16(25)24-14(15-3-2-8-26-15)9-13(20-24)11-4-6-12(18)7-5-11/h2-8,14H,9-10H2,1H3/t14-/m0/s1. The molecule has 0 unspecified atom stereocenters. The fraction of sp³-hybridized carbons (Fsp3) is 0.235. The summed E-state index contributed by atoms with van der Waals surface area (Å²) in [4.78, 5) is 12.8. The maximum Gasteiger partial charge on any atom is 0.253 e. The predicted octanol–water partition coefficient (Wildman–Crippen LogP) is 2.93. The van der Waals surface area contributed by atoms with Crippen molar-refractivity contribution in [3.8, 4) is 0 Å². The number of carbonyl (C=O) groups is 1. The normalized spacial score (nSPS) is 16.6. The van der Waals surface area contributed by atoms with E-state index in [0.717, 1.165) is 11.3 Å². The number of aryl methyl sites for hydroxylation is 1. The molecule has 0 N–H and O–H groups in total. The van der Waals surface area contributed by atoms with Gasteiger partial charge in [0.1, 0.15) is 11.8 Å². The summed E-state index contributed by atoms with van der Waals surface area (Å²) in [5.74, 6) is 0.720. The molecule has 0 saturated carbocycles. The molecule has 10 heteroatoms. The number of rotatable bonds is 5. The summed E-state index contributed by atoms with van der Waals surface area (Å²) >= 11 is 7.24. The lowest BCUT2D eigenvalue weighted by Crippen LogP contribution is -2.28. The van der Waals surface area contributed by atoms with Gasteiger partial charge in [-0.3, -0.25) is 4.79 Å². The van der Waals surface area contributed by atoms with Crippen molar-refractivity contribution in [3.63, 3.8) is 0 Å². The summed E-state index contributed by atoms with van der Waals surface area (Å²) in [5, 5.41) is 18.5. The summed E-state index contributed by atoms with van der Waals surface area (Å²) in [5.41, 5.74) is 1.74. The monoisotopic (exact) mass is 402 g/mol. The van der Waals surface area contributed by atoms with Crippen molar-refractivity contribution >= 4 is 35.0 Å². The minimum absolute atomic E-state index is 0.145. The lowest BCUT2D eigenvalue weighted by Gasteiger charge is -2.19. The predicted molar refractivity (Wildman–Crippen MR) is 100 cm³/mol. The number of hydrogen-bond acceptors (Lipinski definition) is 7. The highest BCUT2D eigenvalue weighted by atomic mass is 35.5. The summed E-state index contributed by atoms with van der Waals surface area (Å²) in [6, 6.07) is 10.8. The van der Waals surface area contributed by atoms with Gasteiger partial charge in [-0.2, -0.15) is 5.10 Å². The number of nitrogens with zero attached hydrogens (tertiary/aromatic N) is 6. The van der Waals surface area contributed by atoms with E-state index in [-0.39, 0.29) is 17.7 Å². The van der Waals surface area contributed by atoms with E-state index < -0.39 is 0 Å². The van der Waals surface area contributed by atoms with Crippen LogP contribution in [0, 0.1) is 0 Å². The number of carbonyl (C=O) groups excluding carboxylic acids is 1. The summed E-state index contributed by atoms with van der Waals surface area (Å²) < 4.78 is 7.06. The van der Waals surface area contributed by atoms with E-state index >= 15 is 0 Å². The van der Waals surface area contributed by atoms with Gasteiger partial charge in [0.05, 0.1) is 17.7 Å². The molecule has 3 heterocycles. The third kappa shape index (κ3) is 3.74. The molecule has 4 rings (SSSR count). The van der Waals surface area contributed by atoms with Crippen LogP contribution in [0.15, 0.2) is 57.3 Å². The maximum atomic E-state index is 12.8. The molecule has 1 aliphatic rings. The number of benzene rings is 1. The average Bonchev–Trinajstić information content (AvgIpc) is 3.41. The van der Waals surface area contributed by atoms with Crippen LogP contribution in [-0.4, -0.2) is 42.6 Å². The molecular weight excluding hydrogens is 388 g/mol. The molecule has 1 aromatic carbocycles. The van der Waals surface area contributed by atoms with E-state index in [4.69, 9.17) is 16.0 Å². The van der Waals surface area contributed by atoms with E-state index in [0.29, 0.717) is 22.4 Å². The van der Waals surface area contributed by atoms with Crippen LogP contribution in [-0.2, 0) is 11.8 Å². The van der Waals surface area contributed by atoms with Crippen LogP contribution in [0.25, 0.3) is 0 Å². The molecule has 0 bridgehead atoms. The summed E-state index contributed by atoms with van der Waals surface area (Å²) in [7, 11) is 1.73. The molecule has 8 nitrogen and oxygen atoms in total. The Morgan fingerprint density at radius 2 is 2.15 bits per heavy atom. The van der Waals surface area contributed by atoms with Crippen LogP contribution in [0.3, 0.4) is 0 Å². The van der Waals surface area contributed by atoms with Crippen LogP contribution in [0.5, 0.6) is 0 Å². The first-order valence-corrected chi connectivity index (χ1v) is 9.52. The highest BCUT2D eigenvalue weighted by Crippen LogP contribution is 2.34. The minimum atomic E-state index is -0.281. The molecule has 0 radical (unpaired) electrons. The van der Waals surface area contributed by atoms with Crippen molar-refractivity contribution in [3.05, 3.63) is 59.0 Å². The van der Waals surface area contributed by atoms with Gasteiger partial charge >= 0.3 is 0 Å². The van der Waals surface area contributed by atoms with Gasteiger partial charge in [0, 0.05) is 18.5 Å². The van der Waals surface area contributed by atoms with E-state index in [1.165, 1.54) is 21.5 Å². The van der Waals surface area contributed by atoms with Gasteiger partial charge in [-0.25, -0.2) is 9.69 Å². The quantitative estimate of drug-likeness (QED) is 0.609. The second-order valence-electron chi connectivity index (χ2n) is 5.90. The van der Waals surface area contributed by atoms with Crippen LogP contribution < -0.4 is 0 Å². The van der Waals surface area contributed by atoms with Gasteiger partial charge in [0.2, 0.25) is 5.16 Å². The summed E-state index contributed by atoms with van der Waals surface area (Å²) in [6.45, 7) is 0. The molecule has 2 aromatic heterocycles. The number of tetrazole rings is 1. The Balaban J connectivity index is 1.56. The zero-order valence-corrected chi connectivity index (χ0v) is 15.9. The number of aromatic nitrogens is 4. The largest absolute Gasteiger partial charge is 0.467 e. The molecule has 138 valence electrons. The molecule has 27 heavy (non-hydrogen) atoms. The van der Waals surface area contributed by atoms with Gasteiger partial charge in [0.25, 0.3) is 5.91 Å². The molecule has 0 spiro atoms. The number of amides is 1. The number of hydrazone groups is 1. The Hall–Kier alpha value is -2.65. The maximum absolute atomic E-state index is 12.8. The minimum Gasteiger partial charge on any atom is -0.467 e. The Morgan fingerprint density at radius 3 is 2.81 bits per heavy atom. The van der Waals surface area contributed by atoms with Gasteiger partial charge < -0.3 is 4.42 Å². The zero-order valence-electron chi connectivity index (χ0n) is 14.3. The van der Waals surface area contributed by atoms with Crippen LogP contribution in [0.1, 0.15) is 23.8 Å². The van der Waals surface area contributed by atoms with Crippen LogP contribution in [0.4, 0.5) is 0 Å². The smallest absolute Gasteiger partial charge is 0.253 e. The van der Waals surface area contributed by atoms with E-state index in [1.807, 2.05) is 30.3 Å². The van der Waals surface area contributed by atoms with E-state index in [1.54, 1.807) is 19.4 Å². The molecule has 3 aromatic rings. The second-order valence-corrected chi connectivity index (χ2v) is 7.28. The third-order valence-electron chi connectivity index (χ3n) is 4.12. The molecular formula is C17H15ClN6O2S. The van der Waals surface area contributed by atoms with Crippen LogP contribution in [0.2, 0.25) is 5.02 Å². The average molecular weight is 403 g/mol. The zero-order chi connectivity index (χ0) is 18.8. The van der Waals surface area contributed by atoms with Crippen molar-refractivity contribution in [2.45, 2.75) is 17.6 Å². The molecule has 0 aliphatic carbocycles. The van der Waals surface area contributed by atoms with Crippen LogP contribution >= 0.6 is 23.4 Å².